The average molecular weight is 409 g/mol. The maximum Gasteiger partial charge on any atom is 0.337 e. The summed E-state index contributed by atoms with van der Waals surface area (Å²) in [5.74, 6) is 0.855. The van der Waals surface area contributed by atoms with Gasteiger partial charge in [-0.3, -0.25) is 5.10 Å². The summed E-state index contributed by atoms with van der Waals surface area (Å²) in [6.45, 7) is 0.507. The molecule has 4 aromatic rings. The first-order valence-electron chi connectivity index (χ1n) is 8.77. The Morgan fingerprint density at radius 2 is 1.97 bits per heavy atom. The number of H-pyrrole nitrogens is 1. The molecular formula is C20H17ClN6O2. The van der Waals surface area contributed by atoms with Crippen molar-refractivity contribution >= 4 is 45.9 Å². The fraction of sp³-hybridized carbons (Fsp3) is 0.100. The summed E-state index contributed by atoms with van der Waals surface area (Å²) in [4.78, 5) is 20.1. The van der Waals surface area contributed by atoms with Gasteiger partial charge in [-0.15, -0.1) is 0 Å². The number of hydrogen-bond donors (Lipinski definition) is 3. The molecule has 4 rings (SSSR count). The number of methoxy groups -OCH3 is 1. The van der Waals surface area contributed by atoms with Crippen molar-refractivity contribution in [2.75, 3.05) is 17.7 Å². The van der Waals surface area contributed by atoms with E-state index in [1.165, 1.54) is 13.4 Å². The number of fused-ring (bicyclic) bond motifs is 1. The summed E-state index contributed by atoms with van der Waals surface area (Å²) < 4.78 is 4.71. The fourth-order valence-electron chi connectivity index (χ4n) is 2.85. The minimum atomic E-state index is -0.364. The Balaban J connectivity index is 1.56. The van der Waals surface area contributed by atoms with E-state index in [-0.39, 0.29) is 5.97 Å². The Bertz CT molecular complexity index is 1160. The van der Waals surface area contributed by atoms with Gasteiger partial charge in [-0.1, -0.05) is 29.8 Å². The van der Waals surface area contributed by atoms with Crippen LogP contribution in [0, 0.1) is 0 Å². The summed E-state index contributed by atoms with van der Waals surface area (Å²) in [6.07, 6.45) is 1.46. The molecule has 0 saturated carbocycles. The number of ether oxygens (including phenoxy) is 1. The molecule has 0 amide bonds. The molecule has 3 N–H and O–H groups in total. The lowest BCUT2D eigenvalue weighted by atomic mass is 10.1. The average Bonchev–Trinajstić information content (AvgIpc) is 3.16. The second-order valence-electron chi connectivity index (χ2n) is 6.20. The number of anilines is 3. The number of hydrogen-bond acceptors (Lipinski definition) is 7. The van der Waals surface area contributed by atoms with Gasteiger partial charge in [0.1, 0.15) is 17.5 Å². The highest BCUT2D eigenvalue weighted by molar-refractivity contribution is 6.30. The predicted octanol–water partition coefficient (Wildman–Crippen LogP) is 4.15. The maximum absolute atomic E-state index is 11.5. The van der Waals surface area contributed by atoms with E-state index in [0.29, 0.717) is 34.4 Å². The molecule has 2 aromatic heterocycles. The third-order valence-corrected chi connectivity index (χ3v) is 4.52. The van der Waals surface area contributed by atoms with Crippen LogP contribution in [0.3, 0.4) is 0 Å². The van der Waals surface area contributed by atoms with Crippen LogP contribution in [0.15, 0.2) is 54.9 Å². The zero-order chi connectivity index (χ0) is 20.2. The van der Waals surface area contributed by atoms with E-state index in [1.807, 2.05) is 30.3 Å². The van der Waals surface area contributed by atoms with Crippen molar-refractivity contribution in [3.8, 4) is 0 Å². The van der Waals surface area contributed by atoms with Gasteiger partial charge in [-0.25, -0.2) is 14.8 Å². The molecule has 0 spiro atoms. The van der Waals surface area contributed by atoms with Crippen molar-refractivity contribution in [1.82, 2.24) is 20.2 Å². The first-order chi connectivity index (χ1) is 14.1. The molecular weight excluding hydrogens is 392 g/mol. The Morgan fingerprint density at radius 1 is 1.14 bits per heavy atom. The number of carbonyl (C=O) groups is 1. The highest BCUT2D eigenvalue weighted by Crippen LogP contribution is 2.28. The van der Waals surface area contributed by atoms with Crippen LogP contribution in [0.4, 0.5) is 17.3 Å². The number of benzene rings is 2. The van der Waals surface area contributed by atoms with Gasteiger partial charge < -0.3 is 15.4 Å². The van der Waals surface area contributed by atoms with E-state index in [0.717, 1.165) is 16.6 Å². The van der Waals surface area contributed by atoms with Crippen molar-refractivity contribution in [3.05, 3.63) is 71.0 Å². The Labute approximate surface area is 171 Å². The Hall–Kier alpha value is -3.65. The number of aromatic amines is 1. The molecule has 0 aliphatic carbocycles. The fourth-order valence-corrected chi connectivity index (χ4v) is 3.04. The van der Waals surface area contributed by atoms with Crippen LogP contribution in [0.5, 0.6) is 0 Å². The molecule has 0 saturated heterocycles. The van der Waals surface area contributed by atoms with Crippen molar-refractivity contribution < 1.29 is 9.53 Å². The van der Waals surface area contributed by atoms with E-state index in [9.17, 15) is 4.79 Å². The summed E-state index contributed by atoms with van der Waals surface area (Å²) >= 11 is 6.06. The zero-order valence-electron chi connectivity index (χ0n) is 15.4. The van der Waals surface area contributed by atoms with Crippen LogP contribution >= 0.6 is 11.6 Å². The normalized spacial score (nSPS) is 10.7. The van der Waals surface area contributed by atoms with Gasteiger partial charge in [0.05, 0.1) is 12.7 Å². The SMILES string of the molecule is COC(=O)c1ccc(CNc2n[nH]c3ncnc(Nc4cccc(Cl)c4)c23)cc1. The highest BCUT2D eigenvalue weighted by atomic mass is 35.5. The summed E-state index contributed by atoms with van der Waals surface area (Å²) in [7, 11) is 1.36. The van der Waals surface area contributed by atoms with Crippen molar-refractivity contribution in [1.29, 1.82) is 0 Å². The van der Waals surface area contributed by atoms with Gasteiger partial charge in [-0.2, -0.15) is 5.10 Å². The van der Waals surface area contributed by atoms with Crippen LogP contribution in [0.25, 0.3) is 11.0 Å². The molecule has 29 heavy (non-hydrogen) atoms. The summed E-state index contributed by atoms with van der Waals surface area (Å²) in [6, 6.07) is 14.5. The van der Waals surface area contributed by atoms with E-state index in [1.54, 1.807) is 18.2 Å². The molecule has 0 aliphatic rings. The number of nitrogens with one attached hydrogen (secondary N) is 3. The second kappa shape index (κ2) is 8.15. The van der Waals surface area contributed by atoms with Crippen LogP contribution < -0.4 is 10.6 Å². The van der Waals surface area contributed by atoms with Crippen molar-refractivity contribution in [2.45, 2.75) is 6.54 Å². The van der Waals surface area contributed by atoms with E-state index >= 15 is 0 Å². The third-order valence-electron chi connectivity index (χ3n) is 4.28. The number of nitrogens with zero attached hydrogens (tertiary/aromatic N) is 3. The quantitative estimate of drug-likeness (QED) is 0.411. The molecule has 0 fully saturated rings. The molecule has 8 nitrogen and oxygen atoms in total. The largest absolute Gasteiger partial charge is 0.465 e. The zero-order valence-corrected chi connectivity index (χ0v) is 16.2. The number of halogens is 1. The number of esters is 1. The molecule has 0 atom stereocenters. The lowest BCUT2D eigenvalue weighted by molar-refractivity contribution is 0.0600. The topological polar surface area (TPSA) is 105 Å². The molecule has 9 heteroatoms. The molecule has 2 aromatic carbocycles. The van der Waals surface area contributed by atoms with Gasteiger partial charge in [0.15, 0.2) is 11.5 Å². The molecule has 0 unspecified atom stereocenters. The summed E-state index contributed by atoms with van der Waals surface area (Å²) in [5.41, 5.74) is 2.90. The molecule has 0 bridgehead atoms. The number of aromatic nitrogens is 4. The third kappa shape index (κ3) is 4.12. The molecule has 2 heterocycles. The summed E-state index contributed by atoms with van der Waals surface area (Å²) in [5, 5.41) is 15.1. The predicted molar refractivity (Wildman–Crippen MR) is 112 cm³/mol. The second-order valence-corrected chi connectivity index (χ2v) is 6.63. The van der Waals surface area contributed by atoms with Crippen LogP contribution in [-0.2, 0) is 11.3 Å². The van der Waals surface area contributed by atoms with Crippen molar-refractivity contribution in [3.63, 3.8) is 0 Å². The minimum absolute atomic E-state index is 0.364. The van der Waals surface area contributed by atoms with Gasteiger partial charge in [-0.05, 0) is 35.9 Å². The smallest absolute Gasteiger partial charge is 0.337 e. The van der Waals surface area contributed by atoms with Gasteiger partial charge >= 0.3 is 5.97 Å². The standard InChI is InChI=1S/C20H17ClN6O2/c1-29-20(28)13-7-5-12(6-8-13)10-22-18-16-17(23-11-24-19(16)27-26-18)25-15-4-2-3-14(21)9-15/h2-9,11H,10H2,1H3,(H3,22,23,24,25,26,27). The van der Waals surface area contributed by atoms with Crippen LogP contribution in [0.2, 0.25) is 5.02 Å². The first kappa shape index (κ1) is 18.7. The van der Waals surface area contributed by atoms with Crippen LogP contribution in [-0.4, -0.2) is 33.2 Å². The number of carbonyl (C=O) groups excluding carboxylic acids is 1. The van der Waals surface area contributed by atoms with Gasteiger partial charge in [0.25, 0.3) is 0 Å². The van der Waals surface area contributed by atoms with Gasteiger partial charge in [0.2, 0.25) is 0 Å². The Kier molecular flexibility index (Phi) is 5.26. The molecule has 0 radical (unpaired) electrons. The van der Waals surface area contributed by atoms with E-state index in [2.05, 4.69) is 30.8 Å². The van der Waals surface area contributed by atoms with Gasteiger partial charge in [0, 0.05) is 17.3 Å². The first-order valence-corrected chi connectivity index (χ1v) is 9.14. The van der Waals surface area contributed by atoms with E-state index < -0.39 is 0 Å². The monoisotopic (exact) mass is 408 g/mol. The van der Waals surface area contributed by atoms with E-state index in [4.69, 9.17) is 16.3 Å². The minimum Gasteiger partial charge on any atom is -0.465 e. The Morgan fingerprint density at radius 3 is 2.72 bits per heavy atom. The molecule has 0 aliphatic heterocycles. The molecule has 146 valence electrons. The van der Waals surface area contributed by atoms with Crippen LogP contribution in [0.1, 0.15) is 15.9 Å². The lowest BCUT2D eigenvalue weighted by Crippen LogP contribution is -2.04. The highest BCUT2D eigenvalue weighted by Gasteiger charge is 2.13. The van der Waals surface area contributed by atoms with Crippen molar-refractivity contribution in [2.24, 2.45) is 0 Å². The number of rotatable bonds is 6. The lowest BCUT2D eigenvalue weighted by Gasteiger charge is -2.09. The maximum atomic E-state index is 11.5.